The average molecular weight is 346 g/mol. The molecule has 7 nitrogen and oxygen atoms in total. The minimum absolute atomic E-state index is 0.104. The van der Waals surface area contributed by atoms with Crippen LogP contribution in [0.15, 0.2) is 14.6 Å². The number of H-pyrrole nitrogens is 1. The van der Waals surface area contributed by atoms with Crippen LogP contribution in [0.1, 0.15) is 56.8 Å². The van der Waals surface area contributed by atoms with E-state index in [9.17, 15) is 14.4 Å². The first kappa shape index (κ1) is 15.6. The Balaban J connectivity index is 1.89. The Bertz CT molecular complexity index is 941. The van der Waals surface area contributed by atoms with Gasteiger partial charge in [-0.3, -0.25) is 19.1 Å². The van der Waals surface area contributed by atoms with Crippen LogP contribution < -0.4 is 11.2 Å². The molecular weight excluding hydrogens is 328 g/mol. The zero-order valence-corrected chi connectivity index (χ0v) is 14.2. The quantitative estimate of drug-likeness (QED) is 0.632. The average Bonchev–Trinajstić information content (AvgIpc) is 3.38. The Hall–Kier alpha value is -1.96. The molecule has 126 valence electrons. The van der Waals surface area contributed by atoms with Gasteiger partial charge in [0.25, 0.3) is 5.56 Å². The van der Waals surface area contributed by atoms with Crippen molar-refractivity contribution in [1.29, 1.82) is 0 Å². The van der Waals surface area contributed by atoms with Gasteiger partial charge in [-0.1, -0.05) is 0 Å². The van der Waals surface area contributed by atoms with Crippen LogP contribution in [-0.2, 0) is 4.79 Å². The van der Waals surface area contributed by atoms with E-state index in [2.05, 4.69) is 15.0 Å². The van der Waals surface area contributed by atoms with Crippen molar-refractivity contribution in [2.45, 2.75) is 56.0 Å². The predicted octanol–water partition coefficient (Wildman–Crippen LogP) is 1.76. The maximum Gasteiger partial charge on any atom is 0.330 e. The number of carbonyl (C=O) groups is 1. The van der Waals surface area contributed by atoms with Gasteiger partial charge in [-0.2, -0.15) is 0 Å². The molecule has 24 heavy (non-hydrogen) atoms. The number of nitrogens with zero attached hydrogens (tertiary/aromatic N) is 3. The zero-order valence-electron chi connectivity index (χ0n) is 13.4. The number of aromatic amines is 1. The lowest BCUT2D eigenvalue weighted by atomic mass is 10.3. The van der Waals surface area contributed by atoms with Crippen molar-refractivity contribution in [3.05, 3.63) is 26.7 Å². The van der Waals surface area contributed by atoms with Crippen molar-refractivity contribution in [2.24, 2.45) is 0 Å². The highest BCUT2D eigenvalue weighted by molar-refractivity contribution is 7.99. The van der Waals surface area contributed by atoms with Gasteiger partial charge in [0, 0.05) is 24.1 Å². The Kier molecular flexibility index (Phi) is 3.79. The molecule has 2 aliphatic carbocycles. The topological polar surface area (TPSA) is 97.7 Å². The molecule has 1 N–H and O–H groups in total. The third-order valence-corrected chi connectivity index (χ3v) is 5.29. The molecule has 0 spiro atoms. The number of hydrogen-bond acceptors (Lipinski definition) is 6. The Labute approximate surface area is 141 Å². The fraction of sp³-hybridized carbons (Fsp3) is 0.562. The van der Waals surface area contributed by atoms with Crippen molar-refractivity contribution in [1.82, 2.24) is 19.5 Å². The summed E-state index contributed by atoms with van der Waals surface area (Å²) in [5.74, 6) is 1.70. The second kappa shape index (κ2) is 5.84. The van der Waals surface area contributed by atoms with Gasteiger partial charge in [-0.05, 0) is 32.6 Å². The lowest BCUT2D eigenvalue weighted by Gasteiger charge is -2.11. The van der Waals surface area contributed by atoms with E-state index < -0.39 is 11.2 Å². The number of Topliss-reactive ketones (excluding diaryl/α,β-unsaturated/α-hetero) is 1. The van der Waals surface area contributed by atoms with E-state index >= 15 is 0 Å². The van der Waals surface area contributed by atoms with Gasteiger partial charge in [0.15, 0.2) is 5.65 Å². The molecule has 0 amide bonds. The number of rotatable bonds is 6. The number of thioether (sulfide) groups is 1. The molecule has 0 saturated heterocycles. The molecule has 0 radical (unpaired) electrons. The van der Waals surface area contributed by atoms with E-state index in [4.69, 9.17) is 0 Å². The SMILES string of the molecule is CC(=O)CCSc1nc(C2CC2)nc2c1c(=O)[nH]c(=O)n2C1CC1. The van der Waals surface area contributed by atoms with Crippen LogP contribution >= 0.6 is 11.8 Å². The maximum atomic E-state index is 12.4. The molecule has 2 heterocycles. The molecule has 2 aliphatic rings. The lowest BCUT2D eigenvalue weighted by molar-refractivity contribution is -0.116. The van der Waals surface area contributed by atoms with Gasteiger partial charge in [0.1, 0.15) is 22.0 Å². The Morgan fingerprint density at radius 1 is 1.25 bits per heavy atom. The molecule has 2 aromatic heterocycles. The molecule has 0 aliphatic heterocycles. The summed E-state index contributed by atoms with van der Waals surface area (Å²) in [6, 6.07) is 0.119. The van der Waals surface area contributed by atoms with E-state index in [0.29, 0.717) is 40.0 Å². The van der Waals surface area contributed by atoms with E-state index in [1.807, 2.05) is 0 Å². The van der Waals surface area contributed by atoms with Crippen LogP contribution in [0.3, 0.4) is 0 Å². The standard InChI is InChI=1S/C16H18N4O3S/c1-8(21)6-7-24-15-11-13(17-12(18-15)9-2-3-9)20(10-4-5-10)16(23)19-14(11)22/h9-10H,2-7H2,1H3,(H,19,22,23). The summed E-state index contributed by atoms with van der Waals surface area (Å²) in [5.41, 5.74) is -0.386. The molecule has 8 heteroatoms. The van der Waals surface area contributed by atoms with Gasteiger partial charge in [0.05, 0.1) is 0 Å². The molecule has 2 saturated carbocycles. The van der Waals surface area contributed by atoms with Crippen LogP contribution in [0, 0.1) is 0 Å². The first-order chi connectivity index (χ1) is 11.5. The van der Waals surface area contributed by atoms with Crippen molar-refractivity contribution in [3.8, 4) is 0 Å². The van der Waals surface area contributed by atoms with Crippen molar-refractivity contribution in [2.75, 3.05) is 5.75 Å². The maximum absolute atomic E-state index is 12.4. The number of ketones is 1. The summed E-state index contributed by atoms with van der Waals surface area (Å²) >= 11 is 1.39. The lowest BCUT2D eigenvalue weighted by Crippen LogP contribution is -2.31. The summed E-state index contributed by atoms with van der Waals surface area (Å²) in [7, 11) is 0. The van der Waals surface area contributed by atoms with Crippen molar-refractivity contribution in [3.63, 3.8) is 0 Å². The summed E-state index contributed by atoms with van der Waals surface area (Å²) in [6.07, 6.45) is 4.36. The monoisotopic (exact) mass is 346 g/mol. The first-order valence-electron chi connectivity index (χ1n) is 8.23. The fourth-order valence-electron chi connectivity index (χ4n) is 2.73. The number of hydrogen-bond donors (Lipinski definition) is 1. The van der Waals surface area contributed by atoms with Crippen LogP contribution in [0.5, 0.6) is 0 Å². The van der Waals surface area contributed by atoms with Crippen LogP contribution in [0.2, 0.25) is 0 Å². The van der Waals surface area contributed by atoms with E-state index in [1.165, 1.54) is 11.8 Å². The molecule has 0 bridgehead atoms. The number of nitrogens with one attached hydrogen (secondary N) is 1. The van der Waals surface area contributed by atoms with Gasteiger partial charge in [-0.25, -0.2) is 14.8 Å². The highest BCUT2D eigenvalue weighted by Crippen LogP contribution is 2.40. The van der Waals surface area contributed by atoms with E-state index in [1.54, 1.807) is 11.5 Å². The highest BCUT2D eigenvalue weighted by atomic mass is 32.2. The summed E-state index contributed by atoms with van der Waals surface area (Å²) in [6.45, 7) is 1.55. The first-order valence-corrected chi connectivity index (χ1v) is 9.22. The second-order valence-corrected chi connectivity index (χ2v) is 7.60. The molecule has 2 fully saturated rings. The van der Waals surface area contributed by atoms with Gasteiger partial charge >= 0.3 is 5.69 Å². The van der Waals surface area contributed by atoms with Crippen LogP contribution in [-0.4, -0.2) is 31.1 Å². The van der Waals surface area contributed by atoms with E-state index in [-0.39, 0.29) is 11.8 Å². The molecule has 2 aromatic rings. The fourth-order valence-corrected chi connectivity index (χ4v) is 3.79. The zero-order chi connectivity index (χ0) is 16.8. The van der Waals surface area contributed by atoms with Crippen molar-refractivity contribution >= 4 is 28.6 Å². The molecular formula is C16H18N4O3S. The predicted molar refractivity (Wildman–Crippen MR) is 90.7 cm³/mol. The van der Waals surface area contributed by atoms with Crippen molar-refractivity contribution < 1.29 is 4.79 Å². The smallest absolute Gasteiger partial charge is 0.300 e. The number of carbonyl (C=O) groups excluding carboxylic acids is 1. The molecule has 4 rings (SSSR count). The number of aromatic nitrogens is 4. The highest BCUT2D eigenvalue weighted by Gasteiger charge is 2.32. The minimum Gasteiger partial charge on any atom is -0.300 e. The molecule has 0 atom stereocenters. The van der Waals surface area contributed by atoms with Gasteiger partial charge in [0.2, 0.25) is 0 Å². The van der Waals surface area contributed by atoms with E-state index in [0.717, 1.165) is 25.7 Å². The molecule has 0 aromatic carbocycles. The minimum atomic E-state index is -0.445. The molecule has 0 unspecified atom stereocenters. The van der Waals surface area contributed by atoms with Crippen LogP contribution in [0.25, 0.3) is 11.0 Å². The second-order valence-electron chi connectivity index (χ2n) is 6.52. The number of fused-ring (bicyclic) bond motifs is 1. The normalized spacial score (nSPS) is 17.4. The Morgan fingerprint density at radius 2 is 2.00 bits per heavy atom. The largest absolute Gasteiger partial charge is 0.330 e. The summed E-state index contributed by atoms with van der Waals surface area (Å²) in [4.78, 5) is 47.4. The Morgan fingerprint density at radius 3 is 2.62 bits per heavy atom. The van der Waals surface area contributed by atoms with Gasteiger partial charge in [-0.15, -0.1) is 11.8 Å². The van der Waals surface area contributed by atoms with Gasteiger partial charge < -0.3 is 0 Å². The third-order valence-electron chi connectivity index (χ3n) is 4.32. The summed E-state index contributed by atoms with van der Waals surface area (Å²) in [5, 5.41) is 0.957. The summed E-state index contributed by atoms with van der Waals surface area (Å²) < 4.78 is 1.61. The van der Waals surface area contributed by atoms with Crippen LogP contribution in [0.4, 0.5) is 0 Å². The third kappa shape index (κ3) is 2.90.